The normalized spacial score (nSPS) is 22.2. The molecule has 180 valence electrons. The van der Waals surface area contributed by atoms with E-state index in [1.54, 1.807) is 6.07 Å². The highest BCUT2D eigenvalue weighted by Gasteiger charge is 2.38. The minimum atomic E-state index is -0.412. The number of anilines is 1. The van der Waals surface area contributed by atoms with Gasteiger partial charge in [-0.1, -0.05) is 29.3 Å². The molecule has 8 heteroatoms. The average molecular weight is 500 g/mol. The molecule has 2 aromatic carbocycles. The standard InChI is InChI=1S/C26H31Cl2N5O/c1-18(21-7-5-19(27)15-22(21)28)33-17-29-23-8-6-20(16-24(23)33)31-11-13-32(14-12-31)25(34)26(2)9-3-4-10-30-26/h5-8,15-18,30H,3-4,9-14H2,1-2H3. The van der Waals surface area contributed by atoms with Gasteiger partial charge >= 0.3 is 0 Å². The van der Waals surface area contributed by atoms with Crippen molar-refractivity contribution in [3.63, 3.8) is 0 Å². The van der Waals surface area contributed by atoms with Crippen molar-refractivity contribution < 1.29 is 4.79 Å². The lowest BCUT2D eigenvalue weighted by Gasteiger charge is -2.42. The number of piperazine rings is 1. The van der Waals surface area contributed by atoms with Crippen LogP contribution in [-0.4, -0.2) is 58.6 Å². The van der Waals surface area contributed by atoms with E-state index in [2.05, 4.69) is 51.8 Å². The second-order valence-electron chi connectivity index (χ2n) is 9.66. The van der Waals surface area contributed by atoms with E-state index in [-0.39, 0.29) is 11.9 Å². The summed E-state index contributed by atoms with van der Waals surface area (Å²) in [6.07, 6.45) is 5.06. The number of benzene rings is 2. The number of piperidine rings is 1. The molecule has 0 saturated carbocycles. The lowest BCUT2D eigenvalue weighted by molar-refractivity contribution is -0.139. The number of amides is 1. The largest absolute Gasteiger partial charge is 0.368 e. The summed E-state index contributed by atoms with van der Waals surface area (Å²) >= 11 is 12.6. The number of rotatable bonds is 4. The zero-order chi connectivity index (χ0) is 23.9. The SMILES string of the molecule is CC(c1ccc(Cl)cc1Cl)n1cnc2ccc(N3CCN(C(=O)C4(C)CCCCN4)CC3)cc21. The summed E-state index contributed by atoms with van der Waals surface area (Å²) < 4.78 is 2.16. The first kappa shape index (κ1) is 23.5. The van der Waals surface area contributed by atoms with Crippen LogP contribution in [0.15, 0.2) is 42.7 Å². The Kier molecular flexibility index (Phi) is 6.49. The summed E-state index contributed by atoms with van der Waals surface area (Å²) in [5.74, 6) is 0.244. The molecule has 6 nitrogen and oxygen atoms in total. The van der Waals surface area contributed by atoms with Gasteiger partial charge in [0.05, 0.1) is 28.9 Å². The third kappa shape index (κ3) is 4.39. The van der Waals surface area contributed by atoms with Crippen molar-refractivity contribution in [3.8, 4) is 0 Å². The van der Waals surface area contributed by atoms with E-state index in [0.29, 0.717) is 10.0 Å². The number of fused-ring (bicyclic) bond motifs is 1. The number of aromatic nitrogens is 2. The molecule has 2 saturated heterocycles. The van der Waals surface area contributed by atoms with Gasteiger partial charge in [-0.25, -0.2) is 4.98 Å². The van der Waals surface area contributed by atoms with E-state index in [4.69, 9.17) is 23.2 Å². The van der Waals surface area contributed by atoms with E-state index >= 15 is 0 Å². The zero-order valence-electron chi connectivity index (χ0n) is 19.7. The van der Waals surface area contributed by atoms with E-state index in [1.165, 1.54) is 0 Å². The van der Waals surface area contributed by atoms with Crippen LogP contribution < -0.4 is 10.2 Å². The van der Waals surface area contributed by atoms with Crippen LogP contribution >= 0.6 is 23.2 Å². The van der Waals surface area contributed by atoms with Crippen LogP contribution in [0.5, 0.6) is 0 Å². The fourth-order valence-corrected chi connectivity index (χ4v) is 5.83. The number of nitrogens with one attached hydrogen (secondary N) is 1. The van der Waals surface area contributed by atoms with Gasteiger partial charge in [-0.2, -0.15) is 0 Å². The number of carbonyl (C=O) groups is 1. The van der Waals surface area contributed by atoms with Crippen LogP contribution in [0, 0.1) is 0 Å². The molecule has 2 aliphatic heterocycles. The minimum Gasteiger partial charge on any atom is -0.368 e. The highest BCUT2D eigenvalue weighted by atomic mass is 35.5. The molecule has 34 heavy (non-hydrogen) atoms. The zero-order valence-corrected chi connectivity index (χ0v) is 21.2. The van der Waals surface area contributed by atoms with Crippen molar-refractivity contribution in [2.24, 2.45) is 0 Å². The fourth-order valence-electron chi connectivity index (χ4n) is 5.27. The molecular weight excluding hydrogens is 469 g/mol. The monoisotopic (exact) mass is 499 g/mol. The maximum absolute atomic E-state index is 13.2. The predicted molar refractivity (Wildman–Crippen MR) is 139 cm³/mol. The molecule has 2 atom stereocenters. The van der Waals surface area contributed by atoms with E-state index in [0.717, 1.165) is 74.3 Å². The summed E-state index contributed by atoms with van der Waals surface area (Å²) in [5, 5.41) is 4.74. The topological polar surface area (TPSA) is 53.4 Å². The lowest BCUT2D eigenvalue weighted by atomic mass is 9.89. The van der Waals surface area contributed by atoms with Gasteiger partial charge in [0.15, 0.2) is 0 Å². The van der Waals surface area contributed by atoms with Gasteiger partial charge in [-0.05, 0) is 75.5 Å². The van der Waals surface area contributed by atoms with Crippen molar-refractivity contribution in [3.05, 3.63) is 58.3 Å². The van der Waals surface area contributed by atoms with Crippen molar-refractivity contribution in [1.29, 1.82) is 0 Å². The number of hydrogen-bond acceptors (Lipinski definition) is 4. The molecule has 3 heterocycles. The van der Waals surface area contributed by atoms with Gasteiger partial charge < -0.3 is 19.7 Å². The first-order chi connectivity index (χ1) is 16.4. The van der Waals surface area contributed by atoms with Gasteiger partial charge in [0.25, 0.3) is 0 Å². The Balaban J connectivity index is 1.33. The van der Waals surface area contributed by atoms with Crippen LogP contribution in [0.3, 0.4) is 0 Å². The van der Waals surface area contributed by atoms with E-state index in [9.17, 15) is 4.79 Å². The molecule has 0 aliphatic carbocycles. The third-order valence-corrected chi connectivity index (χ3v) is 7.97. The number of hydrogen-bond donors (Lipinski definition) is 1. The molecule has 5 rings (SSSR count). The molecule has 0 spiro atoms. The van der Waals surface area contributed by atoms with Crippen molar-refractivity contribution in [2.45, 2.75) is 44.7 Å². The number of nitrogens with zero attached hydrogens (tertiary/aromatic N) is 4. The molecule has 2 unspecified atom stereocenters. The van der Waals surface area contributed by atoms with Gasteiger partial charge in [0.2, 0.25) is 5.91 Å². The first-order valence-corrected chi connectivity index (χ1v) is 12.8. The summed E-state index contributed by atoms with van der Waals surface area (Å²) in [6.45, 7) is 8.22. The fraction of sp³-hybridized carbons (Fsp3) is 0.462. The van der Waals surface area contributed by atoms with Gasteiger partial charge in [0.1, 0.15) is 0 Å². The molecular formula is C26H31Cl2N5O. The first-order valence-electron chi connectivity index (χ1n) is 12.1. The Morgan fingerprint density at radius 3 is 2.59 bits per heavy atom. The Labute approximate surface area is 210 Å². The maximum Gasteiger partial charge on any atom is 0.242 e. The second kappa shape index (κ2) is 9.40. The third-order valence-electron chi connectivity index (χ3n) is 7.41. The second-order valence-corrected chi connectivity index (χ2v) is 10.5. The number of imidazole rings is 1. The smallest absolute Gasteiger partial charge is 0.242 e. The van der Waals surface area contributed by atoms with Crippen molar-refractivity contribution in [1.82, 2.24) is 19.8 Å². The maximum atomic E-state index is 13.2. The number of halogens is 2. The summed E-state index contributed by atoms with van der Waals surface area (Å²) in [7, 11) is 0. The minimum absolute atomic E-state index is 0.0169. The predicted octanol–water partition coefficient (Wildman–Crippen LogP) is 5.13. The van der Waals surface area contributed by atoms with Crippen LogP contribution in [0.2, 0.25) is 10.0 Å². The molecule has 2 fully saturated rings. The molecule has 3 aromatic rings. The summed E-state index contributed by atoms with van der Waals surface area (Å²) in [4.78, 5) is 22.2. The Bertz CT molecular complexity index is 1200. The van der Waals surface area contributed by atoms with Crippen LogP contribution in [-0.2, 0) is 4.79 Å². The quantitative estimate of drug-likeness (QED) is 0.540. The molecule has 0 bridgehead atoms. The lowest BCUT2D eigenvalue weighted by Crippen LogP contribution is -2.61. The summed E-state index contributed by atoms with van der Waals surface area (Å²) in [6, 6.07) is 12.0. The van der Waals surface area contributed by atoms with E-state index < -0.39 is 5.54 Å². The van der Waals surface area contributed by atoms with Crippen molar-refractivity contribution in [2.75, 3.05) is 37.6 Å². The Morgan fingerprint density at radius 2 is 1.88 bits per heavy atom. The van der Waals surface area contributed by atoms with Gasteiger partial charge in [-0.3, -0.25) is 4.79 Å². The molecule has 1 aromatic heterocycles. The molecule has 1 amide bonds. The van der Waals surface area contributed by atoms with Crippen LogP contribution in [0.4, 0.5) is 5.69 Å². The highest BCUT2D eigenvalue weighted by Crippen LogP contribution is 2.32. The van der Waals surface area contributed by atoms with Crippen LogP contribution in [0.1, 0.15) is 44.7 Å². The molecule has 1 N–H and O–H groups in total. The molecule has 0 radical (unpaired) electrons. The van der Waals surface area contributed by atoms with Crippen LogP contribution in [0.25, 0.3) is 11.0 Å². The van der Waals surface area contributed by atoms with Crippen molar-refractivity contribution >= 4 is 45.8 Å². The average Bonchev–Trinajstić information content (AvgIpc) is 3.27. The van der Waals surface area contributed by atoms with E-state index in [1.807, 2.05) is 23.4 Å². The molecule has 2 aliphatic rings. The van der Waals surface area contributed by atoms with Gasteiger partial charge in [0, 0.05) is 41.9 Å². The Hall–Kier alpha value is -2.28. The number of carbonyl (C=O) groups excluding carboxylic acids is 1. The highest BCUT2D eigenvalue weighted by molar-refractivity contribution is 6.35. The Morgan fingerprint density at radius 1 is 1.09 bits per heavy atom. The van der Waals surface area contributed by atoms with Gasteiger partial charge in [-0.15, -0.1) is 0 Å². The summed E-state index contributed by atoms with van der Waals surface area (Å²) in [5.41, 5.74) is 3.76.